The first-order valence-corrected chi connectivity index (χ1v) is 7.97. The summed E-state index contributed by atoms with van der Waals surface area (Å²) in [6, 6.07) is 0. The van der Waals surface area contributed by atoms with Crippen molar-refractivity contribution in [2.75, 3.05) is 19.6 Å². The minimum Gasteiger partial charge on any atom is -0.480 e. The third kappa shape index (κ3) is 2.41. The second-order valence-corrected chi connectivity index (χ2v) is 8.55. The molecular formula is C16H24N2O5. The molecule has 2 heterocycles. The van der Waals surface area contributed by atoms with Crippen molar-refractivity contribution in [3.8, 4) is 0 Å². The first-order chi connectivity index (χ1) is 10.5. The Morgan fingerprint density at radius 2 is 1.70 bits per heavy atom. The van der Waals surface area contributed by atoms with E-state index in [1.54, 1.807) is 4.90 Å². The average Bonchev–Trinajstić information content (AvgIpc) is 2.30. The zero-order chi connectivity index (χ0) is 17.2. The highest BCUT2D eigenvalue weighted by atomic mass is 16.4. The summed E-state index contributed by atoms with van der Waals surface area (Å²) in [4.78, 5) is 38.8. The Hall–Kier alpha value is -1.63. The Morgan fingerprint density at radius 3 is 2.26 bits per heavy atom. The SMILES string of the molecule is C[C@@]12CN(CC(=O)O)[C@@H]3N(CC(=O)O)C(=O)[C@@](C)(C1)C[C@]3(C)C2. The summed E-state index contributed by atoms with van der Waals surface area (Å²) in [5.74, 6) is -2.16. The maximum absolute atomic E-state index is 13.0. The van der Waals surface area contributed by atoms with E-state index in [1.165, 1.54) is 4.90 Å². The Labute approximate surface area is 135 Å². The lowest BCUT2D eigenvalue weighted by Gasteiger charge is -2.68. The van der Waals surface area contributed by atoms with Crippen LogP contribution in [0, 0.1) is 16.2 Å². The molecule has 23 heavy (non-hydrogen) atoms. The van der Waals surface area contributed by atoms with Crippen LogP contribution in [0.15, 0.2) is 0 Å². The number of fused-ring (bicyclic) bond motifs is 2. The van der Waals surface area contributed by atoms with E-state index >= 15 is 0 Å². The highest BCUT2D eigenvalue weighted by Crippen LogP contribution is 2.63. The average molecular weight is 324 g/mol. The molecule has 3 aliphatic rings. The van der Waals surface area contributed by atoms with E-state index in [1.807, 2.05) is 6.92 Å². The predicted octanol–water partition coefficient (Wildman–Crippen LogP) is 0.842. The van der Waals surface area contributed by atoms with Gasteiger partial charge in [-0.3, -0.25) is 19.3 Å². The number of aliphatic carboxylic acids is 2. The van der Waals surface area contributed by atoms with Gasteiger partial charge in [-0.05, 0) is 24.7 Å². The number of rotatable bonds is 4. The van der Waals surface area contributed by atoms with Gasteiger partial charge in [0.05, 0.1) is 12.7 Å². The minimum absolute atomic E-state index is 0.112. The molecule has 1 aliphatic carbocycles. The Bertz CT molecular complexity index is 589. The largest absolute Gasteiger partial charge is 0.480 e. The molecule has 0 unspecified atom stereocenters. The molecule has 2 saturated heterocycles. The van der Waals surface area contributed by atoms with Crippen molar-refractivity contribution in [2.24, 2.45) is 16.2 Å². The first kappa shape index (κ1) is 16.2. The molecule has 3 bridgehead atoms. The van der Waals surface area contributed by atoms with Gasteiger partial charge >= 0.3 is 11.9 Å². The van der Waals surface area contributed by atoms with Crippen LogP contribution in [-0.2, 0) is 14.4 Å². The van der Waals surface area contributed by atoms with Crippen LogP contribution in [0.2, 0.25) is 0 Å². The summed E-state index contributed by atoms with van der Waals surface area (Å²) in [5.41, 5.74) is -0.944. The number of piperidine rings is 2. The minimum atomic E-state index is -1.06. The van der Waals surface area contributed by atoms with Gasteiger partial charge in [-0.15, -0.1) is 0 Å². The van der Waals surface area contributed by atoms with Crippen LogP contribution in [0.1, 0.15) is 40.0 Å². The Kier molecular flexibility index (Phi) is 3.31. The molecule has 7 nitrogen and oxygen atoms in total. The van der Waals surface area contributed by atoms with E-state index in [4.69, 9.17) is 0 Å². The lowest BCUT2D eigenvalue weighted by Crippen LogP contribution is -2.75. The number of likely N-dealkylation sites (tertiary alicyclic amines) is 2. The van der Waals surface area contributed by atoms with Crippen LogP contribution < -0.4 is 0 Å². The fraction of sp³-hybridized carbons (Fsp3) is 0.812. The zero-order valence-electron chi connectivity index (χ0n) is 13.8. The van der Waals surface area contributed by atoms with Crippen molar-refractivity contribution in [1.82, 2.24) is 9.80 Å². The molecule has 1 saturated carbocycles. The number of hydrogen-bond donors (Lipinski definition) is 2. The highest BCUT2D eigenvalue weighted by Gasteiger charge is 2.66. The van der Waals surface area contributed by atoms with Gasteiger partial charge < -0.3 is 15.1 Å². The van der Waals surface area contributed by atoms with Crippen molar-refractivity contribution in [3.63, 3.8) is 0 Å². The molecule has 2 aliphatic heterocycles. The van der Waals surface area contributed by atoms with E-state index in [9.17, 15) is 24.6 Å². The number of amides is 1. The monoisotopic (exact) mass is 324 g/mol. The predicted molar refractivity (Wildman–Crippen MR) is 80.5 cm³/mol. The Balaban J connectivity index is 2.09. The summed E-state index contributed by atoms with van der Waals surface area (Å²) < 4.78 is 0. The van der Waals surface area contributed by atoms with E-state index in [0.717, 1.165) is 6.42 Å². The third-order valence-electron chi connectivity index (χ3n) is 5.71. The van der Waals surface area contributed by atoms with Gasteiger partial charge in [-0.1, -0.05) is 20.8 Å². The maximum Gasteiger partial charge on any atom is 0.323 e. The topological polar surface area (TPSA) is 98.2 Å². The molecule has 2 N–H and O–H groups in total. The molecule has 0 spiro atoms. The van der Waals surface area contributed by atoms with Gasteiger partial charge in [-0.25, -0.2) is 0 Å². The number of carbonyl (C=O) groups is 3. The van der Waals surface area contributed by atoms with Crippen LogP contribution in [-0.4, -0.2) is 63.7 Å². The molecule has 128 valence electrons. The van der Waals surface area contributed by atoms with Gasteiger partial charge in [0.15, 0.2) is 0 Å². The fourth-order valence-corrected chi connectivity index (χ4v) is 6.11. The summed E-state index contributed by atoms with van der Waals surface area (Å²) in [6.45, 7) is 6.16. The van der Waals surface area contributed by atoms with Crippen LogP contribution in [0.3, 0.4) is 0 Å². The first-order valence-electron chi connectivity index (χ1n) is 7.97. The van der Waals surface area contributed by atoms with Crippen LogP contribution >= 0.6 is 0 Å². The summed E-state index contributed by atoms with van der Waals surface area (Å²) >= 11 is 0. The molecule has 7 heteroatoms. The molecule has 0 aromatic carbocycles. The molecular weight excluding hydrogens is 300 g/mol. The lowest BCUT2D eigenvalue weighted by molar-refractivity contribution is -0.222. The second-order valence-electron chi connectivity index (χ2n) is 8.55. The number of carbonyl (C=O) groups excluding carboxylic acids is 1. The van der Waals surface area contributed by atoms with Gasteiger partial charge in [0.2, 0.25) is 5.91 Å². The third-order valence-corrected chi connectivity index (χ3v) is 5.71. The second kappa shape index (κ2) is 4.69. The smallest absolute Gasteiger partial charge is 0.323 e. The van der Waals surface area contributed by atoms with Crippen LogP contribution in [0.4, 0.5) is 0 Å². The van der Waals surface area contributed by atoms with Crippen LogP contribution in [0.25, 0.3) is 0 Å². The standard InChI is InChI=1S/C16H24N2O5/c1-14-6-15(2)8-16(3,7-14)13(23)18(5-11(21)22)12(15)17(9-14)4-10(19)20/h12H,4-9H2,1-3H3,(H,19,20)(H,21,22)/t12-,14+,15+,16+/m1/s1. The van der Waals surface area contributed by atoms with Crippen molar-refractivity contribution >= 4 is 17.8 Å². The fourth-order valence-electron chi connectivity index (χ4n) is 6.11. The molecule has 3 fully saturated rings. The highest BCUT2D eigenvalue weighted by molar-refractivity contribution is 5.87. The molecule has 3 rings (SSSR count). The summed E-state index contributed by atoms with van der Waals surface area (Å²) in [6.07, 6.45) is 1.79. The molecule has 0 aromatic heterocycles. The number of carboxylic acids is 2. The van der Waals surface area contributed by atoms with Gasteiger partial charge in [0.25, 0.3) is 0 Å². The zero-order valence-corrected chi connectivity index (χ0v) is 13.8. The van der Waals surface area contributed by atoms with Crippen molar-refractivity contribution in [2.45, 2.75) is 46.2 Å². The van der Waals surface area contributed by atoms with E-state index in [0.29, 0.717) is 19.4 Å². The summed E-state index contributed by atoms with van der Waals surface area (Å²) in [5, 5.41) is 18.5. The Morgan fingerprint density at radius 1 is 1.09 bits per heavy atom. The molecule has 4 atom stereocenters. The van der Waals surface area contributed by atoms with E-state index in [2.05, 4.69) is 13.8 Å². The lowest BCUT2D eigenvalue weighted by atomic mass is 9.49. The van der Waals surface area contributed by atoms with E-state index in [-0.39, 0.29) is 29.8 Å². The van der Waals surface area contributed by atoms with Gasteiger partial charge in [0, 0.05) is 17.4 Å². The van der Waals surface area contributed by atoms with Crippen molar-refractivity contribution in [1.29, 1.82) is 0 Å². The van der Waals surface area contributed by atoms with Crippen LogP contribution in [0.5, 0.6) is 0 Å². The van der Waals surface area contributed by atoms with Crippen molar-refractivity contribution < 1.29 is 24.6 Å². The number of carboxylic acid groups (broad SMARTS) is 2. The molecule has 1 amide bonds. The maximum atomic E-state index is 13.0. The molecule has 0 aromatic rings. The van der Waals surface area contributed by atoms with Gasteiger partial charge in [-0.2, -0.15) is 0 Å². The quantitative estimate of drug-likeness (QED) is 0.795. The normalized spacial score (nSPS) is 42.8. The van der Waals surface area contributed by atoms with Gasteiger partial charge in [0.1, 0.15) is 6.54 Å². The van der Waals surface area contributed by atoms with E-state index < -0.39 is 23.5 Å². The summed E-state index contributed by atoms with van der Waals surface area (Å²) in [7, 11) is 0. The molecule has 0 radical (unpaired) electrons. The number of hydrogen-bond acceptors (Lipinski definition) is 4. The number of nitrogens with zero attached hydrogens (tertiary/aromatic N) is 2. The van der Waals surface area contributed by atoms with Crippen molar-refractivity contribution in [3.05, 3.63) is 0 Å².